The summed E-state index contributed by atoms with van der Waals surface area (Å²) in [5, 5.41) is 8.32. The number of nitriles is 1. The SMILES string of the molecule is COC(=O)N(CC#N)C/C=C\Cl. The van der Waals surface area contributed by atoms with Gasteiger partial charge in [-0.1, -0.05) is 17.7 Å². The fraction of sp³-hybridized carbons (Fsp3) is 0.429. The van der Waals surface area contributed by atoms with E-state index in [1.54, 1.807) is 6.08 Å². The maximum Gasteiger partial charge on any atom is 0.410 e. The third-order valence-electron chi connectivity index (χ3n) is 1.11. The molecule has 0 saturated heterocycles. The Morgan fingerprint density at radius 1 is 1.83 bits per heavy atom. The van der Waals surface area contributed by atoms with Crippen LogP contribution in [0.2, 0.25) is 0 Å². The van der Waals surface area contributed by atoms with Crippen LogP contribution in [0.1, 0.15) is 0 Å². The van der Waals surface area contributed by atoms with Gasteiger partial charge < -0.3 is 4.74 Å². The van der Waals surface area contributed by atoms with E-state index in [-0.39, 0.29) is 13.1 Å². The lowest BCUT2D eigenvalue weighted by molar-refractivity contribution is 0.133. The fourth-order valence-corrected chi connectivity index (χ4v) is 0.665. The summed E-state index contributed by atoms with van der Waals surface area (Å²) in [4.78, 5) is 12.1. The first-order valence-corrected chi connectivity index (χ1v) is 3.65. The summed E-state index contributed by atoms with van der Waals surface area (Å²) in [5.74, 6) is 0. The van der Waals surface area contributed by atoms with E-state index in [1.807, 2.05) is 6.07 Å². The second-order valence-corrected chi connectivity index (χ2v) is 2.12. The third-order valence-corrected chi connectivity index (χ3v) is 1.29. The Morgan fingerprint density at radius 2 is 2.50 bits per heavy atom. The van der Waals surface area contributed by atoms with E-state index in [2.05, 4.69) is 4.74 Å². The summed E-state index contributed by atoms with van der Waals surface area (Å²) in [6.45, 7) is 0.275. The van der Waals surface area contributed by atoms with E-state index >= 15 is 0 Å². The van der Waals surface area contributed by atoms with Crippen LogP contribution in [-0.4, -0.2) is 31.2 Å². The predicted molar refractivity (Wildman–Crippen MR) is 44.6 cm³/mol. The number of methoxy groups -OCH3 is 1. The summed E-state index contributed by atoms with van der Waals surface area (Å²) in [6.07, 6.45) is 1.02. The molecule has 0 fully saturated rings. The van der Waals surface area contributed by atoms with Crippen LogP contribution in [0.4, 0.5) is 4.79 Å². The van der Waals surface area contributed by atoms with E-state index < -0.39 is 6.09 Å². The van der Waals surface area contributed by atoms with Crippen molar-refractivity contribution in [2.45, 2.75) is 0 Å². The van der Waals surface area contributed by atoms with Gasteiger partial charge in [0.2, 0.25) is 0 Å². The summed E-state index contributed by atoms with van der Waals surface area (Å²) < 4.78 is 4.42. The van der Waals surface area contributed by atoms with Gasteiger partial charge >= 0.3 is 6.09 Å². The van der Waals surface area contributed by atoms with E-state index in [1.165, 1.54) is 17.5 Å². The van der Waals surface area contributed by atoms with E-state index in [4.69, 9.17) is 16.9 Å². The monoisotopic (exact) mass is 188 g/mol. The van der Waals surface area contributed by atoms with Crippen molar-refractivity contribution in [1.82, 2.24) is 4.90 Å². The van der Waals surface area contributed by atoms with Gasteiger partial charge in [-0.3, -0.25) is 4.90 Å². The number of nitrogens with zero attached hydrogens (tertiary/aromatic N) is 2. The van der Waals surface area contributed by atoms with Crippen molar-refractivity contribution >= 4 is 17.7 Å². The molecule has 0 aliphatic carbocycles. The lowest BCUT2D eigenvalue weighted by atomic mass is 10.5. The molecule has 0 aliphatic heterocycles. The number of rotatable bonds is 3. The first-order chi connectivity index (χ1) is 5.76. The normalized spacial score (nSPS) is 9.42. The minimum Gasteiger partial charge on any atom is -0.453 e. The van der Waals surface area contributed by atoms with Crippen molar-refractivity contribution in [1.29, 1.82) is 5.26 Å². The highest BCUT2D eigenvalue weighted by molar-refractivity contribution is 6.25. The zero-order valence-corrected chi connectivity index (χ0v) is 7.41. The molecule has 0 atom stereocenters. The molecule has 0 aliphatic rings. The number of hydrogen-bond acceptors (Lipinski definition) is 3. The largest absolute Gasteiger partial charge is 0.453 e. The highest BCUT2D eigenvalue weighted by Gasteiger charge is 2.10. The Bertz CT molecular complexity index is 210. The maximum absolute atomic E-state index is 10.9. The number of amides is 1. The quantitative estimate of drug-likeness (QED) is 0.628. The van der Waals surface area contributed by atoms with Gasteiger partial charge in [-0.05, 0) is 0 Å². The Kier molecular flexibility index (Phi) is 5.84. The van der Waals surface area contributed by atoms with Gasteiger partial charge in [0.25, 0.3) is 0 Å². The molecule has 1 amide bonds. The lowest BCUT2D eigenvalue weighted by Crippen LogP contribution is -2.31. The number of carbonyl (C=O) groups excluding carboxylic acids is 1. The number of hydrogen-bond donors (Lipinski definition) is 0. The van der Waals surface area contributed by atoms with Crippen LogP contribution in [-0.2, 0) is 4.74 Å². The van der Waals surface area contributed by atoms with Crippen LogP contribution >= 0.6 is 11.6 Å². The van der Waals surface area contributed by atoms with Crippen molar-refractivity contribution in [2.24, 2.45) is 0 Å². The van der Waals surface area contributed by atoms with E-state index in [9.17, 15) is 4.79 Å². The molecule has 0 bridgehead atoms. The van der Waals surface area contributed by atoms with Crippen molar-refractivity contribution in [3.8, 4) is 6.07 Å². The Balaban J connectivity index is 4.04. The van der Waals surface area contributed by atoms with Crippen molar-refractivity contribution in [3.05, 3.63) is 11.6 Å². The molecule has 0 aromatic heterocycles. The standard InChI is InChI=1S/C7H9ClN2O2/c1-12-7(11)10(6-4-9)5-2-3-8/h2-3H,5-6H2,1H3/b3-2-. The fourth-order valence-electron chi connectivity index (χ4n) is 0.585. The Morgan fingerprint density at radius 3 is 2.92 bits per heavy atom. The summed E-state index contributed by atoms with van der Waals surface area (Å²) in [7, 11) is 1.26. The van der Waals surface area contributed by atoms with Gasteiger partial charge in [0.1, 0.15) is 6.54 Å². The molecule has 12 heavy (non-hydrogen) atoms. The molecule has 0 rings (SSSR count). The van der Waals surface area contributed by atoms with Crippen LogP contribution in [0.15, 0.2) is 11.6 Å². The molecular formula is C7H9ClN2O2. The highest BCUT2D eigenvalue weighted by Crippen LogP contribution is 1.93. The Labute approximate surface area is 76.0 Å². The highest BCUT2D eigenvalue weighted by atomic mass is 35.5. The predicted octanol–water partition coefficient (Wildman–Crippen LogP) is 1.33. The molecular weight excluding hydrogens is 180 g/mol. The van der Waals surface area contributed by atoms with Crippen molar-refractivity contribution in [3.63, 3.8) is 0 Å². The van der Waals surface area contributed by atoms with Gasteiger partial charge in [-0.2, -0.15) is 5.26 Å². The first kappa shape index (κ1) is 10.8. The van der Waals surface area contributed by atoms with Crippen LogP contribution in [0, 0.1) is 11.3 Å². The third kappa shape index (κ3) is 3.84. The second kappa shape index (κ2) is 6.50. The van der Waals surface area contributed by atoms with Crippen molar-refractivity contribution in [2.75, 3.05) is 20.2 Å². The first-order valence-electron chi connectivity index (χ1n) is 3.21. The molecule has 0 saturated carbocycles. The summed E-state index contributed by atoms with van der Waals surface area (Å²) in [6, 6.07) is 1.84. The number of carbonyl (C=O) groups is 1. The van der Waals surface area contributed by atoms with Crippen LogP contribution in [0.25, 0.3) is 0 Å². The maximum atomic E-state index is 10.9. The van der Waals surface area contributed by atoms with Gasteiger partial charge in [0, 0.05) is 12.1 Å². The summed E-state index contributed by atoms with van der Waals surface area (Å²) >= 11 is 5.25. The number of ether oxygens (including phenoxy) is 1. The topological polar surface area (TPSA) is 53.3 Å². The van der Waals surface area contributed by atoms with Gasteiger partial charge in [-0.25, -0.2) is 4.79 Å². The zero-order chi connectivity index (χ0) is 9.40. The van der Waals surface area contributed by atoms with E-state index in [0.29, 0.717) is 0 Å². The average molecular weight is 189 g/mol. The van der Waals surface area contributed by atoms with Crippen molar-refractivity contribution < 1.29 is 9.53 Å². The lowest BCUT2D eigenvalue weighted by Gasteiger charge is -2.14. The molecule has 0 spiro atoms. The van der Waals surface area contributed by atoms with Crippen LogP contribution in [0.3, 0.4) is 0 Å². The zero-order valence-electron chi connectivity index (χ0n) is 6.66. The summed E-state index contributed by atoms with van der Waals surface area (Å²) in [5.41, 5.74) is 1.29. The minimum atomic E-state index is -0.536. The van der Waals surface area contributed by atoms with Crippen LogP contribution < -0.4 is 0 Å². The molecule has 0 radical (unpaired) electrons. The minimum absolute atomic E-state index is 0.00605. The van der Waals surface area contributed by atoms with Gasteiger partial charge in [0.05, 0.1) is 13.2 Å². The molecule has 0 unspecified atom stereocenters. The molecule has 5 heteroatoms. The number of halogens is 1. The molecule has 0 heterocycles. The Hall–Kier alpha value is -1.21. The molecule has 0 aromatic rings. The molecule has 0 aromatic carbocycles. The smallest absolute Gasteiger partial charge is 0.410 e. The molecule has 0 N–H and O–H groups in total. The van der Waals surface area contributed by atoms with E-state index in [0.717, 1.165) is 0 Å². The molecule has 66 valence electrons. The molecule has 4 nitrogen and oxygen atoms in total. The van der Waals surface area contributed by atoms with Gasteiger partial charge in [-0.15, -0.1) is 0 Å². The van der Waals surface area contributed by atoms with Crippen LogP contribution in [0.5, 0.6) is 0 Å². The second-order valence-electron chi connectivity index (χ2n) is 1.87. The average Bonchev–Trinajstić information content (AvgIpc) is 2.11. The van der Waals surface area contributed by atoms with Gasteiger partial charge in [0.15, 0.2) is 0 Å².